The van der Waals surface area contributed by atoms with Crippen LogP contribution in [0.3, 0.4) is 0 Å². The molecule has 1 heterocycles. The van der Waals surface area contributed by atoms with E-state index in [1.807, 2.05) is 0 Å². The molecule has 14 heavy (non-hydrogen) atoms. The van der Waals surface area contributed by atoms with Crippen molar-refractivity contribution in [1.82, 2.24) is 14.7 Å². The monoisotopic (exact) mass is 213 g/mol. The maximum absolute atomic E-state index is 4.44. The number of nitrogens with zero attached hydrogens (tertiary/aromatic N) is 2. The summed E-state index contributed by atoms with van der Waals surface area (Å²) < 4.78 is 4.27. The summed E-state index contributed by atoms with van der Waals surface area (Å²) in [6, 6.07) is 0.507. The van der Waals surface area contributed by atoms with Crippen molar-refractivity contribution in [1.29, 1.82) is 0 Å². The Bertz CT molecular complexity index is 260. The van der Waals surface area contributed by atoms with Crippen molar-refractivity contribution in [2.24, 2.45) is 0 Å². The Morgan fingerprint density at radius 1 is 1.43 bits per heavy atom. The van der Waals surface area contributed by atoms with Crippen LogP contribution in [0.4, 0.5) is 0 Å². The van der Waals surface area contributed by atoms with Crippen LogP contribution in [0.1, 0.15) is 38.0 Å². The summed E-state index contributed by atoms with van der Waals surface area (Å²) in [6.45, 7) is 7.55. The highest BCUT2D eigenvalue weighted by Crippen LogP contribution is 2.07. The molecular weight excluding hydrogens is 194 g/mol. The second kappa shape index (κ2) is 6.09. The van der Waals surface area contributed by atoms with Gasteiger partial charge in [-0.15, -0.1) is 0 Å². The minimum atomic E-state index is 0.507. The molecule has 0 saturated carbocycles. The second-order valence-electron chi connectivity index (χ2n) is 3.52. The lowest BCUT2D eigenvalue weighted by Gasteiger charge is -2.10. The Labute approximate surface area is 90.1 Å². The van der Waals surface area contributed by atoms with E-state index in [-0.39, 0.29) is 0 Å². The molecule has 80 valence electrons. The fourth-order valence-corrected chi connectivity index (χ4v) is 2.09. The minimum Gasteiger partial charge on any atom is -0.314 e. The van der Waals surface area contributed by atoms with E-state index in [9.17, 15) is 0 Å². The molecule has 1 atom stereocenters. The van der Waals surface area contributed by atoms with E-state index < -0.39 is 0 Å². The Hall–Kier alpha value is -0.480. The second-order valence-corrected chi connectivity index (χ2v) is 4.35. The van der Waals surface area contributed by atoms with Crippen LogP contribution in [0.25, 0.3) is 0 Å². The van der Waals surface area contributed by atoms with Crippen molar-refractivity contribution in [2.45, 2.75) is 46.1 Å². The number of aromatic nitrogens is 2. The average molecular weight is 213 g/mol. The van der Waals surface area contributed by atoms with Gasteiger partial charge in [-0.05, 0) is 31.4 Å². The average Bonchev–Trinajstić information content (AvgIpc) is 2.62. The van der Waals surface area contributed by atoms with Gasteiger partial charge in [0.05, 0.1) is 0 Å². The van der Waals surface area contributed by atoms with Crippen molar-refractivity contribution < 1.29 is 0 Å². The first-order valence-electron chi connectivity index (χ1n) is 5.31. The minimum absolute atomic E-state index is 0.507. The smallest absolute Gasteiger partial charge is 0.142 e. The molecule has 0 aromatic carbocycles. The Balaban J connectivity index is 2.35. The Morgan fingerprint density at radius 3 is 2.79 bits per heavy atom. The third-order valence-electron chi connectivity index (χ3n) is 2.05. The highest BCUT2D eigenvalue weighted by molar-refractivity contribution is 7.05. The van der Waals surface area contributed by atoms with Crippen LogP contribution in [0.2, 0.25) is 0 Å². The topological polar surface area (TPSA) is 37.8 Å². The molecule has 4 heteroatoms. The van der Waals surface area contributed by atoms with Gasteiger partial charge < -0.3 is 5.32 Å². The third-order valence-corrected chi connectivity index (χ3v) is 2.82. The van der Waals surface area contributed by atoms with Crippen LogP contribution in [0, 0.1) is 0 Å². The lowest BCUT2D eigenvalue weighted by atomic mass is 10.2. The van der Waals surface area contributed by atoms with Crippen molar-refractivity contribution in [3.63, 3.8) is 0 Å². The van der Waals surface area contributed by atoms with Gasteiger partial charge >= 0.3 is 0 Å². The first-order chi connectivity index (χ1) is 6.76. The predicted octanol–water partition coefficient (Wildman–Crippen LogP) is 2.03. The van der Waals surface area contributed by atoms with Crippen LogP contribution in [0.5, 0.6) is 0 Å². The lowest BCUT2D eigenvalue weighted by molar-refractivity contribution is 0.542. The summed E-state index contributed by atoms with van der Waals surface area (Å²) >= 11 is 1.53. The van der Waals surface area contributed by atoms with E-state index >= 15 is 0 Å². The zero-order valence-electron chi connectivity index (χ0n) is 9.21. The molecule has 0 saturated heterocycles. The fraction of sp³-hybridized carbons (Fsp3) is 0.800. The summed E-state index contributed by atoms with van der Waals surface area (Å²) in [5.41, 5.74) is 0. The van der Waals surface area contributed by atoms with Crippen LogP contribution >= 0.6 is 11.5 Å². The van der Waals surface area contributed by atoms with Gasteiger partial charge in [-0.1, -0.05) is 13.8 Å². The molecule has 0 aliphatic carbocycles. The van der Waals surface area contributed by atoms with E-state index in [1.165, 1.54) is 18.0 Å². The van der Waals surface area contributed by atoms with E-state index in [0.717, 1.165) is 30.2 Å². The van der Waals surface area contributed by atoms with Gasteiger partial charge in [-0.2, -0.15) is 4.37 Å². The quantitative estimate of drug-likeness (QED) is 0.785. The molecule has 3 nitrogen and oxygen atoms in total. The maximum atomic E-state index is 4.44. The zero-order chi connectivity index (χ0) is 10.4. The van der Waals surface area contributed by atoms with Gasteiger partial charge in [0.1, 0.15) is 10.8 Å². The van der Waals surface area contributed by atoms with Crippen LogP contribution in [-0.4, -0.2) is 21.9 Å². The van der Waals surface area contributed by atoms with Crippen LogP contribution in [0.15, 0.2) is 0 Å². The largest absolute Gasteiger partial charge is 0.314 e. The van der Waals surface area contributed by atoms with Crippen LogP contribution < -0.4 is 5.32 Å². The SMILES string of the molecule is CCCNC(C)Cc1nc(CC)ns1. The summed E-state index contributed by atoms with van der Waals surface area (Å²) in [5.74, 6) is 0.979. The van der Waals surface area contributed by atoms with E-state index in [2.05, 4.69) is 35.4 Å². The Kier molecular flexibility index (Phi) is 5.04. The molecule has 1 rings (SSSR count). The highest BCUT2D eigenvalue weighted by atomic mass is 32.1. The summed E-state index contributed by atoms with van der Waals surface area (Å²) in [7, 11) is 0. The maximum Gasteiger partial charge on any atom is 0.142 e. The zero-order valence-corrected chi connectivity index (χ0v) is 10.0. The van der Waals surface area contributed by atoms with E-state index in [1.54, 1.807) is 0 Å². The van der Waals surface area contributed by atoms with Gasteiger partial charge in [0.2, 0.25) is 0 Å². The molecule has 0 radical (unpaired) electrons. The van der Waals surface area contributed by atoms with Gasteiger partial charge in [-0.3, -0.25) is 0 Å². The van der Waals surface area contributed by atoms with E-state index in [4.69, 9.17) is 0 Å². The molecule has 0 amide bonds. The molecule has 1 aromatic rings. The third kappa shape index (κ3) is 3.72. The van der Waals surface area contributed by atoms with Gasteiger partial charge in [0, 0.05) is 18.9 Å². The standard InChI is InChI=1S/C10H19N3S/c1-4-6-11-8(3)7-10-12-9(5-2)13-14-10/h8,11H,4-7H2,1-3H3. The van der Waals surface area contributed by atoms with Crippen molar-refractivity contribution in [3.8, 4) is 0 Å². The van der Waals surface area contributed by atoms with Crippen LogP contribution in [-0.2, 0) is 12.8 Å². The molecule has 0 aliphatic heterocycles. The first kappa shape index (κ1) is 11.6. The lowest BCUT2D eigenvalue weighted by Crippen LogP contribution is -2.28. The molecule has 0 fully saturated rings. The van der Waals surface area contributed by atoms with Crippen molar-refractivity contribution in [3.05, 3.63) is 10.8 Å². The summed E-state index contributed by atoms with van der Waals surface area (Å²) in [6.07, 6.45) is 3.12. The number of hydrogen-bond donors (Lipinski definition) is 1. The molecule has 1 N–H and O–H groups in total. The molecule has 0 aliphatic rings. The fourth-order valence-electron chi connectivity index (χ4n) is 1.24. The number of hydrogen-bond acceptors (Lipinski definition) is 4. The van der Waals surface area contributed by atoms with Gasteiger partial charge in [-0.25, -0.2) is 4.98 Å². The summed E-state index contributed by atoms with van der Waals surface area (Å²) in [4.78, 5) is 4.44. The van der Waals surface area contributed by atoms with Crippen molar-refractivity contribution >= 4 is 11.5 Å². The normalized spacial score (nSPS) is 13.1. The Morgan fingerprint density at radius 2 is 2.21 bits per heavy atom. The number of nitrogens with one attached hydrogen (secondary N) is 1. The molecule has 1 aromatic heterocycles. The van der Waals surface area contributed by atoms with Gasteiger partial charge in [0.25, 0.3) is 0 Å². The first-order valence-corrected chi connectivity index (χ1v) is 6.08. The summed E-state index contributed by atoms with van der Waals surface area (Å²) in [5, 5.41) is 4.60. The number of rotatable bonds is 6. The predicted molar refractivity (Wildman–Crippen MR) is 60.7 cm³/mol. The van der Waals surface area contributed by atoms with Crippen molar-refractivity contribution in [2.75, 3.05) is 6.54 Å². The van der Waals surface area contributed by atoms with E-state index in [0.29, 0.717) is 6.04 Å². The number of aryl methyl sites for hydroxylation is 1. The molecule has 1 unspecified atom stereocenters. The van der Waals surface area contributed by atoms with Gasteiger partial charge in [0.15, 0.2) is 0 Å². The molecule has 0 spiro atoms. The highest BCUT2D eigenvalue weighted by Gasteiger charge is 2.06. The molecular formula is C10H19N3S. The molecule has 0 bridgehead atoms.